The fourth-order valence-corrected chi connectivity index (χ4v) is 4.66. The van der Waals surface area contributed by atoms with E-state index in [2.05, 4.69) is 15.3 Å². The lowest BCUT2D eigenvalue weighted by Crippen LogP contribution is -2.41. The monoisotopic (exact) mass is 472 g/mol. The van der Waals surface area contributed by atoms with Gasteiger partial charge in [-0.1, -0.05) is 6.07 Å². The van der Waals surface area contributed by atoms with Crippen molar-refractivity contribution in [2.75, 3.05) is 18.4 Å². The SMILES string of the molecule is CC(O)C1CCN(C(=O)c2ccncc2NC(=O)c2csc(-c3c(F)cccc3F)n2)CC1. The smallest absolute Gasteiger partial charge is 0.275 e. The van der Waals surface area contributed by atoms with Gasteiger partial charge in [0, 0.05) is 24.7 Å². The van der Waals surface area contributed by atoms with Gasteiger partial charge in [0.05, 0.1) is 29.1 Å². The van der Waals surface area contributed by atoms with Gasteiger partial charge in [-0.15, -0.1) is 11.3 Å². The molecule has 0 aliphatic carbocycles. The van der Waals surface area contributed by atoms with Crippen molar-refractivity contribution in [2.24, 2.45) is 5.92 Å². The minimum atomic E-state index is -0.768. The average molecular weight is 473 g/mol. The van der Waals surface area contributed by atoms with Gasteiger partial charge in [-0.3, -0.25) is 14.6 Å². The fraction of sp³-hybridized carbons (Fsp3) is 0.304. The molecule has 7 nitrogen and oxygen atoms in total. The van der Waals surface area contributed by atoms with Crippen LogP contribution in [0.3, 0.4) is 0 Å². The molecule has 0 spiro atoms. The van der Waals surface area contributed by atoms with Gasteiger partial charge in [0.25, 0.3) is 11.8 Å². The highest BCUT2D eigenvalue weighted by molar-refractivity contribution is 7.13. The van der Waals surface area contributed by atoms with E-state index in [9.17, 15) is 23.5 Å². The number of carbonyl (C=O) groups is 2. The largest absolute Gasteiger partial charge is 0.393 e. The van der Waals surface area contributed by atoms with Crippen LogP contribution in [0.15, 0.2) is 42.0 Å². The Morgan fingerprint density at radius 3 is 2.58 bits per heavy atom. The van der Waals surface area contributed by atoms with E-state index in [1.54, 1.807) is 11.8 Å². The van der Waals surface area contributed by atoms with Crippen molar-refractivity contribution in [3.05, 3.63) is 64.9 Å². The van der Waals surface area contributed by atoms with Crippen LogP contribution < -0.4 is 5.32 Å². The number of nitrogens with zero attached hydrogens (tertiary/aromatic N) is 3. The molecule has 3 heterocycles. The zero-order chi connectivity index (χ0) is 23.5. The van der Waals surface area contributed by atoms with Gasteiger partial charge in [-0.2, -0.15) is 0 Å². The maximum Gasteiger partial charge on any atom is 0.275 e. The summed E-state index contributed by atoms with van der Waals surface area (Å²) in [6.07, 6.45) is 3.82. The number of nitrogens with one attached hydrogen (secondary N) is 1. The maximum absolute atomic E-state index is 14.0. The zero-order valence-electron chi connectivity index (χ0n) is 17.8. The zero-order valence-corrected chi connectivity index (χ0v) is 18.6. The van der Waals surface area contributed by atoms with E-state index in [1.807, 2.05) is 0 Å². The minimum absolute atomic E-state index is 0.0300. The van der Waals surface area contributed by atoms with Gasteiger partial charge in [0.2, 0.25) is 0 Å². The topological polar surface area (TPSA) is 95.4 Å². The molecule has 10 heteroatoms. The average Bonchev–Trinajstić information content (AvgIpc) is 3.29. The fourth-order valence-electron chi connectivity index (χ4n) is 3.82. The molecule has 2 amide bonds. The standard InChI is InChI=1S/C23H22F2N4O3S/c1-13(30)14-6-9-29(10-7-14)23(32)15-5-8-26-11-18(15)27-21(31)19-12-33-22(28-19)20-16(24)3-2-4-17(20)25/h2-5,8,11-14,30H,6-7,9-10H2,1H3,(H,27,31). The summed E-state index contributed by atoms with van der Waals surface area (Å²) < 4.78 is 28.1. The van der Waals surface area contributed by atoms with Gasteiger partial charge in [0.1, 0.15) is 22.3 Å². The molecule has 1 aliphatic heterocycles. The lowest BCUT2D eigenvalue weighted by atomic mass is 9.92. The molecule has 3 aromatic rings. The number of benzene rings is 1. The second-order valence-electron chi connectivity index (χ2n) is 7.88. The van der Waals surface area contributed by atoms with Crippen molar-refractivity contribution in [3.8, 4) is 10.6 Å². The lowest BCUT2D eigenvalue weighted by Gasteiger charge is -2.33. The first-order valence-electron chi connectivity index (χ1n) is 10.5. The minimum Gasteiger partial charge on any atom is -0.393 e. The Morgan fingerprint density at radius 2 is 1.91 bits per heavy atom. The predicted octanol–water partition coefficient (Wildman–Crippen LogP) is 3.97. The summed E-state index contributed by atoms with van der Waals surface area (Å²) in [4.78, 5) is 35.6. The number of aliphatic hydroxyl groups is 1. The number of thiazole rings is 1. The number of hydrogen-bond donors (Lipinski definition) is 2. The van der Waals surface area contributed by atoms with E-state index in [0.29, 0.717) is 25.9 Å². The Kier molecular flexibility index (Phi) is 6.75. The summed E-state index contributed by atoms with van der Waals surface area (Å²) in [5.74, 6) is -2.25. The number of likely N-dealkylation sites (tertiary alicyclic amines) is 1. The Hall–Kier alpha value is -3.24. The first-order chi connectivity index (χ1) is 15.8. The van der Waals surface area contributed by atoms with Crippen LogP contribution in [0.4, 0.5) is 14.5 Å². The van der Waals surface area contributed by atoms with Crippen LogP contribution in [0.2, 0.25) is 0 Å². The number of hydrogen-bond acceptors (Lipinski definition) is 6. The second kappa shape index (κ2) is 9.72. The Labute approximate surface area is 193 Å². The number of carbonyl (C=O) groups excluding carboxylic acids is 2. The van der Waals surface area contributed by atoms with Gasteiger partial charge in [0.15, 0.2) is 0 Å². The third-order valence-electron chi connectivity index (χ3n) is 5.72. The van der Waals surface area contributed by atoms with Gasteiger partial charge < -0.3 is 15.3 Å². The number of piperidine rings is 1. The van der Waals surface area contributed by atoms with E-state index < -0.39 is 23.6 Å². The molecule has 2 N–H and O–H groups in total. The maximum atomic E-state index is 14.0. The number of pyridine rings is 1. The number of aliphatic hydroxyl groups excluding tert-OH is 1. The quantitative estimate of drug-likeness (QED) is 0.586. The number of anilines is 1. The molecule has 1 unspecified atom stereocenters. The molecule has 4 rings (SSSR count). The second-order valence-corrected chi connectivity index (χ2v) is 8.74. The summed E-state index contributed by atoms with van der Waals surface area (Å²) in [7, 11) is 0. The third-order valence-corrected chi connectivity index (χ3v) is 6.58. The van der Waals surface area contributed by atoms with Gasteiger partial charge >= 0.3 is 0 Å². The molecule has 1 aliphatic rings. The van der Waals surface area contributed by atoms with E-state index in [4.69, 9.17) is 0 Å². The van der Waals surface area contributed by atoms with Crippen LogP contribution >= 0.6 is 11.3 Å². The molecule has 1 fully saturated rings. The molecular weight excluding hydrogens is 450 g/mol. The van der Waals surface area contributed by atoms with E-state index in [1.165, 1.54) is 29.9 Å². The van der Waals surface area contributed by atoms with Crippen LogP contribution in [-0.4, -0.2) is 51.0 Å². The van der Waals surface area contributed by atoms with E-state index in [0.717, 1.165) is 23.5 Å². The highest BCUT2D eigenvalue weighted by Gasteiger charge is 2.28. The molecule has 0 radical (unpaired) electrons. The molecule has 33 heavy (non-hydrogen) atoms. The Morgan fingerprint density at radius 1 is 1.21 bits per heavy atom. The van der Waals surface area contributed by atoms with Gasteiger partial charge in [-0.05, 0) is 43.9 Å². The van der Waals surface area contributed by atoms with Crippen molar-refractivity contribution in [3.63, 3.8) is 0 Å². The highest BCUT2D eigenvalue weighted by atomic mass is 32.1. The first-order valence-corrected chi connectivity index (χ1v) is 11.4. The Bertz CT molecular complexity index is 1160. The number of halogens is 2. The molecule has 1 saturated heterocycles. The predicted molar refractivity (Wildman–Crippen MR) is 120 cm³/mol. The highest BCUT2D eigenvalue weighted by Crippen LogP contribution is 2.29. The molecule has 2 aromatic heterocycles. The molecule has 0 bridgehead atoms. The summed E-state index contributed by atoms with van der Waals surface area (Å²) in [6.45, 7) is 2.77. The first kappa shape index (κ1) is 22.9. The number of aromatic nitrogens is 2. The van der Waals surface area contributed by atoms with Crippen LogP contribution in [0.5, 0.6) is 0 Å². The molecule has 0 saturated carbocycles. The summed E-state index contributed by atoms with van der Waals surface area (Å²) >= 11 is 0.942. The number of amides is 2. The van der Waals surface area contributed by atoms with Crippen molar-refractivity contribution in [1.29, 1.82) is 0 Å². The summed E-state index contributed by atoms with van der Waals surface area (Å²) in [5.41, 5.74) is 0.179. The molecule has 172 valence electrons. The van der Waals surface area contributed by atoms with Crippen LogP contribution in [0, 0.1) is 17.6 Å². The lowest BCUT2D eigenvalue weighted by molar-refractivity contribution is 0.0522. The van der Waals surface area contributed by atoms with E-state index in [-0.39, 0.29) is 39.3 Å². The third kappa shape index (κ3) is 4.91. The summed E-state index contributed by atoms with van der Waals surface area (Å²) in [5, 5.41) is 13.8. The van der Waals surface area contributed by atoms with Crippen molar-refractivity contribution in [1.82, 2.24) is 14.9 Å². The van der Waals surface area contributed by atoms with Crippen LogP contribution in [0.25, 0.3) is 10.6 Å². The number of rotatable bonds is 5. The van der Waals surface area contributed by atoms with Crippen molar-refractivity contribution >= 4 is 28.8 Å². The van der Waals surface area contributed by atoms with Gasteiger partial charge in [-0.25, -0.2) is 13.8 Å². The van der Waals surface area contributed by atoms with Crippen LogP contribution in [-0.2, 0) is 0 Å². The molecule has 1 aromatic carbocycles. The molecular formula is C23H22F2N4O3S. The van der Waals surface area contributed by atoms with Crippen molar-refractivity contribution < 1.29 is 23.5 Å². The van der Waals surface area contributed by atoms with Crippen molar-refractivity contribution in [2.45, 2.75) is 25.9 Å². The van der Waals surface area contributed by atoms with Crippen LogP contribution in [0.1, 0.15) is 40.6 Å². The molecule has 1 atom stereocenters. The Balaban J connectivity index is 1.50. The summed E-state index contributed by atoms with van der Waals surface area (Å²) in [6, 6.07) is 5.03. The van der Waals surface area contributed by atoms with E-state index >= 15 is 0 Å². The normalized spacial score (nSPS) is 15.3.